The van der Waals surface area contributed by atoms with Gasteiger partial charge >= 0.3 is 11.8 Å². The van der Waals surface area contributed by atoms with Gasteiger partial charge in [0.05, 0.1) is 11.7 Å². The number of aryl methyl sites for hydroxylation is 1. The third-order valence-corrected chi connectivity index (χ3v) is 5.92. The molecule has 0 fully saturated rings. The maximum Gasteiger partial charge on any atom is 0.315 e. The molecule has 3 aromatic heterocycles. The fourth-order valence-electron chi connectivity index (χ4n) is 3.68. The summed E-state index contributed by atoms with van der Waals surface area (Å²) in [7, 11) is 0. The SMILES string of the molecule is Cc1cc(-c2cc(Nc3ncc(C(C)C)cn3)ncn2)ccc1[C@@H](C)NC(=O)c1nc(C(C)(C)C)no1. The molecule has 37 heavy (non-hydrogen) atoms. The predicted octanol–water partition coefficient (Wildman–Crippen LogP) is 5.28. The van der Waals surface area contributed by atoms with Gasteiger partial charge in [-0.25, -0.2) is 19.9 Å². The third kappa shape index (κ3) is 6.14. The van der Waals surface area contributed by atoms with Crippen LogP contribution in [0.5, 0.6) is 0 Å². The van der Waals surface area contributed by atoms with Crippen LogP contribution in [0.25, 0.3) is 11.3 Å². The second-order valence-electron chi connectivity index (χ2n) is 10.3. The first-order valence-electron chi connectivity index (χ1n) is 12.2. The maximum absolute atomic E-state index is 12.7. The van der Waals surface area contributed by atoms with Crippen molar-refractivity contribution in [3.05, 3.63) is 71.4 Å². The first-order chi connectivity index (χ1) is 17.5. The Labute approximate surface area is 216 Å². The molecule has 0 bridgehead atoms. The van der Waals surface area contributed by atoms with Gasteiger partial charge in [-0.1, -0.05) is 51.9 Å². The average Bonchev–Trinajstić information content (AvgIpc) is 3.36. The van der Waals surface area contributed by atoms with Crippen LogP contribution in [0, 0.1) is 6.92 Å². The minimum atomic E-state index is -0.408. The second-order valence-corrected chi connectivity index (χ2v) is 10.3. The first-order valence-corrected chi connectivity index (χ1v) is 12.2. The molecule has 1 aromatic carbocycles. The normalized spacial score (nSPS) is 12.4. The number of aromatic nitrogens is 6. The lowest BCUT2D eigenvalue weighted by atomic mass is 9.96. The van der Waals surface area contributed by atoms with Crippen molar-refractivity contribution in [1.82, 2.24) is 35.4 Å². The number of carbonyl (C=O) groups excluding carboxylic acids is 1. The Morgan fingerprint density at radius 2 is 1.73 bits per heavy atom. The van der Waals surface area contributed by atoms with Crippen LogP contribution in [-0.4, -0.2) is 36.0 Å². The minimum Gasteiger partial charge on any atom is -0.341 e. The summed E-state index contributed by atoms with van der Waals surface area (Å²) in [6.07, 6.45) is 5.13. The molecule has 1 amide bonds. The van der Waals surface area contributed by atoms with Crippen LogP contribution in [0.3, 0.4) is 0 Å². The van der Waals surface area contributed by atoms with Crippen LogP contribution in [-0.2, 0) is 5.41 Å². The lowest BCUT2D eigenvalue weighted by Crippen LogP contribution is -2.27. The minimum absolute atomic E-state index is 0.0464. The van der Waals surface area contributed by atoms with E-state index in [1.54, 1.807) is 0 Å². The highest BCUT2D eigenvalue weighted by molar-refractivity contribution is 5.89. The summed E-state index contributed by atoms with van der Waals surface area (Å²) >= 11 is 0. The van der Waals surface area contributed by atoms with E-state index in [0.29, 0.717) is 23.5 Å². The first kappa shape index (κ1) is 25.9. The van der Waals surface area contributed by atoms with Gasteiger partial charge in [-0.15, -0.1) is 0 Å². The smallest absolute Gasteiger partial charge is 0.315 e. The van der Waals surface area contributed by atoms with Crippen molar-refractivity contribution in [1.29, 1.82) is 0 Å². The Hall–Kier alpha value is -4.21. The van der Waals surface area contributed by atoms with Crippen molar-refractivity contribution in [2.24, 2.45) is 0 Å². The largest absolute Gasteiger partial charge is 0.341 e. The van der Waals surface area contributed by atoms with Crippen LogP contribution >= 0.6 is 0 Å². The molecule has 1 atom stereocenters. The van der Waals surface area contributed by atoms with Crippen LogP contribution in [0.15, 0.2) is 47.5 Å². The fraction of sp³-hybridized carbons (Fsp3) is 0.370. The Morgan fingerprint density at radius 3 is 2.35 bits per heavy atom. The van der Waals surface area contributed by atoms with Gasteiger partial charge in [0.15, 0.2) is 5.82 Å². The lowest BCUT2D eigenvalue weighted by Gasteiger charge is -2.16. The van der Waals surface area contributed by atoms with Gasteiger partial charge < -0.3 is 15.2 Å². The molecule has 0 saturated heterocycles. The predicted molar refractivity (Wildman–Crippen MR) is 140 cm³/mol. The van der Waals surface area contributed by atoms with E-state index in [1.165, 1.54) is 6.33 Å². The number of benzene rings is 1. The number of amides is 1. The van der Waals surface area contributed by atoms with Crippen molar-refractivity contribution in [2.45, 2.75) is 65.8 Å². The standard InChI is InChI=1S/C27H32N8O2/c1-15(2)19-12-28-26(29-13-19)33-22-11-21(30-14-31-22)18-8-9-20(16(3)10-18)17(4)32-23(36)24-34-25(35-37-24)27(5,6)7/h8-15,17H,1-7H3,(H,32,36)(H,28,29,30,31,33)/t17-/m1/s1. The van der Waals surface area contributed by atoms with E-state index in [1.807, 2.05) is 71.3 Å². The van der Waals surface area contributed by atoms with E-state index in [0.717, 1.165) is 27.9 Å². The van der Waals surface area contributed by atoms with Crippen LogP contribution in [0.2, 0.25) is 0 Å². The molecule has 0 spiro atoms. The molecule has 10 heteroatoms. The molecule has 0 unspecified atom stereocenters. The molecular formula is C27H32N8O2. The second kappa shape index (κ2) is 10.4. The van der Waals surface area contributed by atoms with Crippen molar-refractivity contribution < 1.29 is 9.32 Å². The fourth-order valence-corrected chi connectivity index (χ4v) is 3.68. The van der Waals surface area contributed by atoms with Crippen molar-refractivity contribution in [3.63, 3.8) is 0 Å². The van der Waals surface area contributed by atoms with Crippen LogP contribution in [0.4, 0.5) is 11.8 Å². The number of rotatable bonds is 7. The van der Waals surface area contributed by atoms with E-state index >= 15 is 0 Å². The van der Waals surface area contributed by atoms with E-state index in [-0.39, 0.29) is 17.3 Å². The van der Waals surface area contributed by atoms with Gasteiger partial charge in [-0.3, -0.25) is 4.79 Å². The molecule has 0 aliphatic rings. The van der Waals surface area contributed by atoms with Gasteiger partial charge in [0, 0.05) is 29.4 Å². The van der Waals surface area contributed by atoms with E-state index < -0.39 is 5.91 Å². The lowest BCUT2D eigenvalue weighted by molar-refractivity contribution is 0.0895. The summed E-state index contributed by atoms with van der Waals surface area (Å²) < 4.78 is 5.16. The molecule has 0 aliphatic carbocycles. The summed E-state index contributed by atoms with van der Waals surface area (Å²) in [5.41, 5.74) is 4.42. The molecule has 10 nitrogen and oxygen atoms in total. The highest BCUT2D eigenvalue weighted by atomic mass is 16.5. The molecule has 0 radical (unpaired) electrons. The Balaban J connectivity index is 1.46. The van der Waals surface area contributed by atoms with Gasteiger partial charge in [0.1, 0.15) is 12.1 Å². The summed E-state index contributed by atoms with van der Waals surface area (Å²) in [5, 5.41) is 9.99. The maximum atomic E-state index is 12.7. The number of hydrogen-bond donors (Lipinski definition) is 2. The van der Waals surface area contributed by atoms with Crippen LogP contribution in [0.1, 0.15) is 86.7 Å². The summed E-state index contributed by atoms with van der Waals surface area (Å²) in [5.74, 6) is 1.47. The number of carbonyl (C=O) groups is 1. The van der Waals surface area contributed by atoms with Gasteiger partial charge in [-0.05, 0) is 42.5 Å². The van der Waals surface area contributed by atoms with E-state index in [4.69, 9.17) is 4.52 Å². The number of nitrogens with one attached hydrogen (secondary N) is 2. The zero-order chi connectivity index (χ0) is 26.7. The highest BCUT2D eigenvalue weighted by Gasteiger charge is 2.25. The van der Waals surface area contributed by atoms with Crippen LogP contribution < -0.4 is 10.6 Å². The Morgan fingerprint density at radius 1 is 1.00 bits per heavy atom. The number of anilines is 2. The molecular weight excluding hydrogens is 468 g/mol. The zero-order valence-corrected chi connectivity index (χ0v) is 22.2. The molecule has 3 heterocycles. The van der Waals surface area contributed by atoms with Crippen molar-refractivity contribution in [3.8, 4) is 11.3 Å². The molecule has 0 aliphatic heterocycles. The van der Waals surface area contributed by atoms with Gasteiger partial charge in [0.25, 0.3) is 0 Å². The summed E-state index contributed by atoms with van der Waals surface area (Å²) in [4.78, 5) is 34.4. The highest BCUT2D eigenvalue weighted by Crippen LogP contribution is 2.26. The summed E-state index contributed by atoms with van der Waals surface area (Å²) in [6, 6.07) is 7.56. The monoisotopic (exact) mass is 500 g/mol. The zero-order valence-electron chi connectivity index (χ0n) is 22.2. The van der Waals surface area contributed by atoms with Crippen molar-refractivity contribution in [2.75, 3.05) is 5.32 Å². The van der Waals surface area contributed by atoms with Gasteiger partial charge in [-0.2, -0.15) is 4.98 Å². The van der Waals surface area contributed by atoms with E-state index in [9.17, 15) is 4.79 Å². The Kier molecular flexibility index (Phi) is 7.28. The quantitative estimate of drug-likeness (QED) is 0.348. The number of hydrogen-bond acceptors (Lipinski definition) is 9. The number of nitrogens with zero attached hydrogens (tertiary/aromatic N) is 6. The third-order valence-electron chi connectivity index (χ3n) is 5.92. The van der Waals surface area contributed by atoms with Gasteiger partial charge in [0.2, 0.25) is 5.95 Å². The molecule has 2 N–H and O–H groups in total. The molecule has 4 aromatic rings. The topological polar surface area (TPSA) is 132 Å². The molecule has 0 saturated carbocycles. The van der Waals surface area contributed by atoms with E-state index in [2.05, 4.69) is 54.6 Å². The summed E-state index contributed by atoms with van der Waals surface area (Å²) in [6.45, 7) is 14.0. The Bertz CT molecular complexity index is 1390. The molecule has 192 valence electrons. The van der Waals surface area contributed by atoms with Crippen molar-refractivity contribution >= 4 is 17.7 Å². The average molecular weight is 501 g/mol. The molecule has 4 rings (SSSR count).